The minimum atomic E-state index is -4.23. The number of anilines is 1. The lowest BCUT2D eigenvalue weighted by Gasteiger charge is -2.31. The third-order valence-electron chi connectivity index (χ3n) is 2.50. The first-order chi connectivity index (χ1) is 6.88. The molecule has 2 rings (SSSR count). The normalized spacial score (nSPS) is 25.9. The zero-order valence-electron chi connectivity index (χ0n) is 8.47. The van der Waals surface area contributed by atoms with E-state index in [1.807, 2.05) is 0 Å². The van der Waals surface area contributed by atoms with Gasteiger partial charge in [-0.05, 0) is 20.3 Å². The molecular formula is C9H12F3N3. The minimum absolute atomic E-state index is 0.0254. The van der Waals surface area contributed by atoms with E-state index in [0.29, 0.717) is 11.5 Å². The van der Waals surface area contributed by atoms with Crippen molar-refractivity contribution in [1.82, 2.24) is 9.78 Å². The zero-order valence-corrected chi connectivity index (χ0v) is 8.47. The van der Waals surface area contributed by atoms with Gasteiger partial charge < -0.3 is 5.32 Å². The Morgan fingerprint density at radius 1 is 1.53 bits per heavy atom. The van der Waals surface area contributed by atoms with Gasteiger partial charge in [-0.1, -0.05) is 0 Å². The third-order valence-corrected chi connectivity index (χ3v) is 2.50. The van der Waals surface area contributed by atoms with E-state index >= 15 is 0 Å². The van der Waals surface area contributed by atoms with Crippen LogP contribution in [-0.2, 0) is 0 Å². The second-order valence-corrected chi connectivity index (χ2v) is 3.95. The molecule has 0 saturated heterocycles. The molecule has 0 saturated carbocycles. The highest BCUT2D eigenvalue weighted by molar-refractivity contribution is 5.40. The Kier molecular flexibility index (Phi) is 2.17. The Morgan fingerprint density at radius 2 is 2.20 bits per heavy atom. The van der Waals surface area contributed by atoms with Crippen molar-refractivity contribution in [2.75, 3.05) is 5.32 Å². The van der Waals surface area contributed by atoms with Gasteiger partial charge >= 0.3 is 6.18 Å². The molecule has 0 unspecified atom stereocenters. The van der Waals surface area contributed by atoms with Gasteiger partial charge in [-0.3, -0.25) is 0 Å². The SMILES string of the molecule is Cc1cc2n(n1)[C@H](C(F)(F)F)C[C@@H](C)N2. The van der Waals surface area contributed by atoms with E-state index in [4.69, 9.17) is 0 Å². The van der Waals surface area contributed by atoms with Gasteiger partial charge in [-0.25, -0.2) is 4.68 Å². The van der Waals surface area contributed by atoms with Crippen molar-refractivity contribution in [2.45, 2.75) is 38.5 Å². The van der Waals surface area contributed by atoms with Crippen LogP contribution in [0.25, 0.3) is 0 Å². The minimum Gasteiger partial charge on any atom is -0.368 e. The molecule has 1 aromatic rings. The quantitative estimate of drug-likeness (QED) is 0.726. The number of fused-ring (bicyclic) bond motifs is 1. The van der Waals surface area contributed by atoms with Crippen molar-refractivity contribution < 1.29 is 13.2 Å². The molecule has 2 atom stereocenters. The number of hydrogen-bond acceptors (Lipinski definition) is 2. The van der Waals surface area contributed by atoms with Crippen LogP contribution < -0.4 is 5.32 Å². The second kappa shape index (κ2) is 3.15. The van der Waals surface area contributed by atoms with Gasteiger partial charge in [0.2, 0.25) is 0 Å². The largest absolute Gasteiger partial charge is 0.410 e. The maximum absolute atomic E-state index is 12.7. The number of nitrogens with one attached hydrogen (secondary N) is 1. The van der Waals surface area contributed by atoms with E-state index in [1.54, 1.807) is 19.9 Å². The molecule has 1 N–H and O–H groups in total. The van der Waals surface area contributed by atoms with Gasteiger partial charge in [-0.2, -0.15) is 18.3 Å². The molecule has 6 heteroatoms. The molecule has 2 heterocycles. The van der Waals surface area contributed by atoms with Gasteiger partial charge in [0.05, 0.1) is 5.69 Å². The highest BCUT2D eigenvalue weighted by Crippen LogP contribution is 2.39. The summed E-state index contributed by atoms with van der Waals surface area (Å²) in [5.74, 6) is 0.452. The van der Waals surface area contributed by atoms with Gasteiger partial charge in [0.15, 0.2) is 6.04 Å². The van der Waals surface area contributed by atoms with E-state index in [-0.39, 0.29) is 12.5 Å². The van der Waals surface area contributed by atoms with Gasteiger partial charge in [0.25, 0.3) is 0 Å². The number of rotatable bonds is 0. The van der Waals surface area contributed by atoms with Crippen LogP contribution in [0.5, 0.6) is 0 Å². The molecule has 0 radical (unpaired) electrons. The topological polar surface area (TPSA) is 29.9 Å². The van der Waals surface area contributed by atoms with Crippen molar-refractivity contribution >= 4 is 5.82 Å². The monoisotopic (exact) mass is 219 g/mol. The molecule has 0 aliphatic carbocycles. The predicted octanol–water partition coefficient (Wildman–Crippen LogP) is 2.50. The van der Waals surface area contributed by atoms with Crippen LogP contribution >= 0.6 is 0 Å². The summed E-state index contributed by atoms with van der Waals surface area (Å²) in [6.07, 6.45) is -4.21. The summed E-state index contributed by atoms with van der Waals surface area (Å²) in [6.45, 7) is 3.43. The van der Waals surface area contributed by atoms with Crippen molar-refractivity contribution in [2.24, 2.45) is 0 Å². The smallest absolute Gasteiger partial charge is 0.368 e. The molecule has 0 amide bonds. The van der Waals surface area contributed by atoms with E-state index in [9.17, 15) is 13.2 Å². The molecular weight excluding hydrogens is 207 g/mol. The van der Waals surface area contributed by atoms with Gasteiger partial charge in [-0.15, -0.1) is 0 Å². The maximum Gasteiger partial charge on any atom is 0.410 e. The number of nitrogens with zero attached hydrogens (tertiary/aromatic N) is 2. The molecule has 3 nitrogen and oxygen atoms in total. The van der Waals surface area contributed by atoms with Crippen LogP contribution in [-0.4, -0.2) is 22.0 Å². The summed E-state index contributed by atoms with van der Waals surface area (Å²) in [5.41, 5.74) is 0.598. The molecule has 0 fully saturated rings. The lowest BCUT2D eigenvalue weighted by atomic mass is 10.1. The fourth-order valence-electron chi connectivity index (χ4n) is 1.88. The Bertz CT molecular complexity index is 369. The molecule has 1 aliphatic heterocycles. The molecule has 15 heavy (non-hydrogen) atoms. The fourth-order valence-corrected chi connectivity index (χ4v) is 1.88. The Balaban J connectivity index is 2.42. The Hall–Kier alpha value is -1.20. The first-order valence-electron chi connectivity index (χ1n) is 4.77. The van der Waals surface area contributed by atoms with Crippen LogP contribution in [0.15, 0.2) is 6.07 Å². The average Bonchev–Trinajstić information content (AvgIpc) is 2.41. The molecule has 1 aromatic heterocycles. The molecule has 0 bridgehead atoms. The Labute approximate surface area is 85.3 Å². The fraction of sp³-hybridized carbons (Fsp3) is 0.667. The third kappa shape index (κ3) is 1.80. The number of aryl methyl sites for hydroxylation is 1. The van der Waals surface area contributed by atoms with Crippen molar-refractivity contribution in [3.63, 3.8) is 0 Å². The maximum atomic E-state index is 12.7. The number of halogens is 3. The first-order valence-corrected chi connectivity index (χ1v) is 4.77. The highest BCUT2D eigenvalue weighted by Gasteiger charge is 2.45. The summed E-state index contributed by atoms with van der Waals surface area (Å²) in [5, 5.41) is 6.85. The number of aromatic nitrogens is 2. The number of alkyl halides is 3. The van der Waals surface area contributed by atoms with Crippen LogP contribution in [0.4, 0.5) is 19.0 Å². The average molecular weight is 219 g/mol. The van der Waals surface area contributed by atoms with Crippen LogP contribution in [0.3, 0.4) is 0 Å². The summed E-state index contributed by atoms with van der Waals surface area (Å²) < 4.78 is 39.2. The van der Waals surface area contributed by atoms with E-state index < -0.39 is 12.2 Å². The standard InChI is InChI=1S/C9H12F3N3/c1-5-3-7(9(10,11)12)15-8(13-5)4-6(2)14-15/h4-5,7,13H,3H2,1-2H3/t5-,7+/m1/s1. The zero-order chi connectivity index (χ0) is 11.2. The lowest BCUT2D eigenvalue weighted by molar-refractivity contribution is -0.173. The lowest BCUT2D eigenvalue weighted by Crippen LogP contribution is -2.37. The number of hydrogen-bond donors (Lipinski definition) is 1. The summed E-state index contributed by atoms with van der Waals surface area (Å²) >= 11 is 0. The summed E-state index contributed by atoms with van der Waals surface area (Å²) in [7, 11) is 0. The predicted molar refractivity (Wildman–Crippen MR) is 49.8 cm³/mol. The highest BCUT2D eigenvalue weighted by atomic mass is 19.4. The summed E-state index contributed by atoms with van der Waals surface area (Å²) in [6, 6.07) is -0.0494. The molecule has 1 aliphatic rings. The van der Waals surface area contributed by atoms with Crippen molar-refractivity contribution in [1.29, 1.82) is 0 Å². The van der Waals surface area contributed by atoms with Crippen molar-refractivity contribution in [3.8, 4) is 0 Å². The van der Waals surface area contributed by atoms with Crippen LogP contribution in [0.2, 0.25) is 0 Å². The molecule has 0 aromatic carbocycles. The van der Waals surface area contributed by atoms with Crippen LogP contribution in [0, 0.1) is 6.92 Å². The first kappa shape index (κ1) is 10.3. The Morgan fingerprint density at radius 3 is 2.80 bits per heavy atom. The summed E-state index contributed by atoms with van der Waals surface area (Å²) in [4.78, 5) is 0. The second-order valence-electron chi connectivity index (χ2n) is 3.95. The van der Waals surface area contributed by atoms with E-state index in [1.165, 1.54) is 0 Å². The van der Waals surface area contributed by atoms with E-state index in [0.717, 1.165) is 4.68 Å². The van der Waals surface area contributed by atoms with Crippen molar-refractivity contribution in [3.05, 3.63) is 11.8 Å². The van der Waals surface area contributed by atoms with E-state index in [2.05, 4.69) is 10.4 Å². The molecule has 84 valence electrons. The van der Waals surface area contributed by atoms with Gasteiger partial charge in [0, 0.05) is 12.1 Å². The molecule has 0 spiro atoms. The van der Waals surface area contributed by atoms with Gasteiger partial charge in [0.1, 0.15) is 5.82 Å². The van der Waals surface area contributed by atoms with Crippen LogP contribution in [0.1, 0.15) is 25.1 Å².